The molecule has 0 saturated heterocycles. The number of amides is 2. The molecule has 0 aliphatic rings. The first-order valence-electron chi connectivity index (χ1n) is 9.18. The van der Waals surface area contributed by atoms with Crippen LogP contribution in [0, 0.1) is 5.82 Å². The number of nitrogens with zero attached hydrogens (tertiary/aromatic N) is 1. The molecule has 0 unspecified atom stereocenters. The lowest BCUT2D eigenvalue weighted by Crippen LogP contribution is -2.20. The van der Waals surface area contributed by atoms with Crippen molar-refractivity contribution in [3.8, 4) is 0 Å². The smallest absolute Gasteiger partial charge is 0.274 e. The first-order valence-corrected chi connectivity index (χ1v) is 9.18. The molecular formula is C23H22FN3O2. The highest BCUT2D eigenvalue weighted by molar-refractivity contribution is 6.08. The summed E-state index contributed by atoms with van der Waals surface area (Å²) >= 11 is 0. The highest BCUT2D eigenvalue weighted by Crippen LogP contribution is 2.29. The fourth-order valence-electron chi connectivity index (χ4n) is 2.89. The van der Waals surface area contributed by atoms with E-state index in [9.17, 15) is 14.0 Å². The lowest BCUT2D eigenvalue weighted by Gasteiger charge is -2.23. The number of carbonyl (C=O) groups is 2. The topological polar surface area (TPSA) is 71.1 Å². The molecular weight excluding hydrogens is 369 g/mol. The molecule has 148 valence electrons. The molecule has 5 nitrogen and oxygen atoms in total. The minimum absolute atomic E-state index is 0.0185. The van der Waals surface area contributed by atoms with E-state index in [1.54, 1.807) is 6.07 Å². The third-order valence-corrected chi connectivity index (χ3v) is 4.36. The first-order chi connectivity index (χ1) is 13.8. The SMILES string of the molecule is CC(C)(C)c1ccccc1NC(=O)c1ccnc(C(=O)Nc2ccccc2F)c1. The Hall–Kier alpha value is -3.54. The van der Waals surface area contributed by atoms with Crippen LogP contribution in [0.5, 0.6) is 0 Å². The average molecular weight is 391 g/mol. The van der Waals surface area contributed by atoms with Gasteiger partial charge in [-0.3, -0.25) is 14.6 Å². The van der Waals surface area contributed by atoms with E-state index in [0.717, 1.165) is 5.56 Å². The molecule has 0 aliphatic heterocycles. The number of hydrogen-bond donors (Lipinski definition) is 2. The second-order valence-corrected chi connectivity index (χ2v) is 7.61. The van der Waals surface area contributed by atoms with Crippen LogP contribution in [0.4, 0.5) is 15.8 Å². The summed E-state index contributed by atoms with van der Waals surface area (Å²) in [6.45, 7) is 6.20. The number of para-hydroxylation sites is 2. The van der Waals surface area contributed by atoms with E-state index >= 15 is 0 Å². The molecule has 2 aromatic carbocycles. The molecule has 6 heteroatoms. The zero-order chi connectivity index (χ0) is 21.0. The van der Waals surface area contributed by atoms with E-state index in [-0.39, 0.29) is 28.3 Å². The number of halogens is 1. The fourth-order valence-corrected chi connectivity index (χ4v) is 2.89. The van der Waals surface area contributed by atoms with Gasteiger partial charge >= 0.3 is 0 Å². The zero-order valence-corrected chi connectivity index (χ0v) is 16.5. The van der Waals surface area contributed by atoms with Crippen LogP contribution in [0.15, 0.2) is 66.9 Å². The van der Waals surface area contributed by atoms with Gasteiger partial charge in [0.15, 0.2) is 0 Å². The summed E-state index contributed by atoms with van der Waals surface area (Å²) in [6.07, 6.45) is 1.38. The Balaban J connectivity index is 1.80. The van der Waals surface area contributed by atoms with Gasteiger partial charge < -0.3 is 10.6 Å². The number of benzene rings is 2. The van der Waals surface area contributed by atoms with E-state index in [1.165, 1.54) is 36.5 Å². The first kappa shape index (κ1) is 20.2. The van der Waals surface area contributed by atoms with Gasteiger partial charge in [0, 0.05) is 17.4 Å². The predicted octanol–water partition coefficient (Wildman–Crippen LogP) is 5.02. The largest absolute Gasteiger partial charge is 0.322 e. The standard InChI is InChI=1S/C23H22FN3O2/c1-23(2,3)16-8-4-6-10-18(16)26-21(28)15-12-13-25-20(14-15)22(29)27-19-11-7-5-9-17(19)24/h4-14H,1-3H3,(H,26,28)(H,27,29). The monoisotopic (exact) mass is 391 g/mol. The Morgan fingerprint density at radius 3 is 2.17 bits per heavy atom. The van der Waals surface area contributed by atoms with E-state index in [0.29, 0.717) is 5.69 Å². The lowest BCUT2D eigenvalue weighted by molar-refractivity contribution is 0.102. The van der Waals surface area contributed by atoms with Crippen molar-refractivity contribution in [2.75, 3.05) is 10.6 Å². The minimum atomic E-state index is -0.597. The van der Waals surface area contributed by atoms with Crippen molar-refractivity contribution in [3.63, 3.8) is 0 Å². The number of rotatable bonds is 4. The summed E-state index contributed by atoms with van der Waals surface area (Å²) in [5, 5.41) is 5.36. The van der Waals surface area contributed by atoms with E-state index in [1.807, 2.05) is 24.3 Å². The maximum atomic E-state index is 13.8. The molecule has 0 radical (unpaired) electrons. The molecule has 0 fully saturated rings. The Morgan fingerprint density at radius 1 is 0.862 bits per heavy atom. The molecule has 3 rings (SSSR count). The third kappa shape index (κ3) is 4.85. The van der Waals surface area contributed by atoms with Gasteiger partial charge in [0.25, 0.3) is 11.8 Å². The van der Waals surface area contributed by atoms with Gasteiger partial charge in [-0.1, -0.05) is 51.1 Å². The number of anilines is 2. The van der Waals surface area contributed by atoms with Gasteiger partial charge in [-0.25, -0.2) is 4.39 Å². The maximum absolute atomic E-state index is 13.8. The Bertz CT molecular complexity index is 1060. The number of aromatic nitrogens is 1. The second-order valence-electron chi connectivity index (χ2n) is 7.61. The summed E-state index contributed by atoms with van der Waals surface area (Å²) in [4.78, 5) is 29.2. The maximum Gasteiger partial charge on any atom is 0.274 e. The van der Waals surface area contributed by atoms with Crippen LogP contribution in [-0.2, 0) is 5.41 Å². The number of nitrogens with one attached hydrogen (secondary N) is 2. The molecule has 29 heavy (non-hydrogen) atoms. The normalized spacial score (nSPS) is 11.0. The van der Waals surface area contributed by atoms with Crippen molar-refractivity contribution in [1.29, 1.82) is 0 Å². The van der Waals surface area contributed by atoms with Crippen LogP contribution in [-0.4, -0.2) is 16.8 Å². The van der Waals surface area contributed by atoms with Crippen LogP contribution in [0.1, 0.15) is 47.2 Å². The van der Waals surface area contributed by atoms with E-state index in [4.69, 9.17) is 0 Å². The van der Waals surface area contributed by atoms with Crippen molar-refractivity contribution < 1.29 is 14.0 Å². The molecule has 3 aromatic rings. The van der Waals surface area contributed by atoms with Gasteiger partial charge in [-0.05, 0) is 41.3 Å². The predicted molar refractivity (Wildman–Crippen MR) is 112 cm³/mol. The van der Waals surface area contributed by atoms with E-state index < -0.39 is 11.7 Å². The highest BCUT2D eigenvalue weighted by Gasteiger charge is 2.19. The van der Waals surface area contributed by atoms with Crippen LogP contribution < -0.4 is 10.6 Å². The van der Waals surface area contributed by atoms with E-state index in [2.05, 4.69) is 36.4 Å². The lowest BCUT2D eigenvalue weighted by atomic mass is 9.86. The Labute approximate surface area is 169 Å². The molecule has 0 spiro atoms. The summed E-state index contributed by atoms with van der Waals surface area (Å²) < 4.78 is 13.8. The number of hydrogen-bond acceptors (Lipinski definition) is 3. The third-order valence-electron chi connectivity index (χ3n) is 4.36. The molecule has 1 aromatic heterocycles. The van der Waals surface area contributed by atoms with Crippen molar-refractivity contribution in [2.24, 2.45) is 0 Å². The summed E-state index contributed by atoms with van der Waals surface area (Å²) in [7, 11) is 0. The van der Waals surface area contributed by atoms with Gasteiger partial charge in [0.2, 0.25) is 0 Å². The van der Waals surface area contributed by atoms with Crippen molar-refractivity contribution >= 4 is 23.2 Å². The average Bonchev–Trinajstić information content (AvgIpc) is 2.69. The van der Waals surface area contributed by atoms with Gasteiger partial charge in [-0.2, -0.15) is 0 Å². The summed E-state index contributed by atoms with van der Waals surface area (Å²) in [6, 6.07) is 16.3. The van der Waals surface area contributed by atoms with Crippen molar-refractivity contribution in [2.45, 2.75) is 26.2 Å². The molecule has 0 bridgehead atoms. The highest BCUT2D eigenvalue weighted by atomic mass is 19.1. The van der Waals surface area contributed by atoms with Gasteiger partial charge in [-0.15, -0.1) is 0 Å². The second kappa shape index (κ2) is 8.22. The molecule has 0 aliphatic carbocycles. The quantitative estimate of drug-likeness (QED) is 0.656. The van der Waals surface area contributed by atoms with Crippen LogP contribution in [0.3, 0.4) is 0 Å². The Kier molecular flexibility index (Phi) is 5.73. The minimum Gasteiger partial charge on any atom is -0.322 e. The molecule has 2 amide bonds. The van der Waals surface area contributed by atoms with Crippen LogP contribution in [0.2, 0.25) is 0 Å². The fraction of sp³-hybridized carbons (Fsp3) is 0.174. The number of carbonyl (C=O) groups excluding carboxylic acids is 2. The van der Waals surface area contributed by atoms with Crippen LogP contribution in [0.25, 0.3) is 0 Å². The van der Waals surface area contributed by atoms with Crippen molar-refractivity contribution in [3.05, 3.63) is 89.5 Å². The molecule has 0 atom stereocenters. The molecule has 1 heterocycles. The van der Waals surface area contributed by atoms with Crippen LogP contribution >= 0.6 is 0 Å². The Morgan fingerprint density at radius 2 is 1.48 bits per heavy atom. The molecule has 2 N–H and O–H groups in total. The number of pyridine rings is 1. The zero-order valence-electron chi connectivity index (χ0n) is 16.5. The summed E-state index contributed by atoms with van der Waals surface area (Å²) in [5.74, 6) is -1.50. The summed E-state index contributed by atoms with van der Waals surface area (Å²) in [5.41, 5.74) is 1.91. The van der Waals surface area contributed by atoms with Gasteiger partial charge in [0.05, 0.1) is 5.69 Å². The van der Waals surface area contributed by atoms with Crippen molar-refractivity contribution in [1.82, 2.24) is 4.98 Å². The molecule has 0 saturated carbocycles. The van der Waals surface area contributed by atoms with Gasteiger partial charge in [0.1, 0.15) is 11.5 Å².